The quantitative estimate of drug-likeness (QED) is 0.825. The number of nitrogens with two attached hydrogens (primary N) is 1. The molecule has 2 N–H and O–H groups in total. The molecular formula is C14H23FN2. The van der Waals surface area contributed by atoms with E-state index < -0.39 is 0 Å². The van der Waals surface area contributed by atoms with Crippen molar-refractivity contribution in [1.29, 1.82) is 0 Å². The number of rotatable bonds is 6. The van der Waals surface area contributed by atoms with E-state index in [-0.39, 0.29) is 11.2 Å². The van der Waals surface area contributed by atoms with Crippen LogP contribution in [-0.2, 0) is 0 Å². The summed E-state index contributed by atoms with van der Waals surface area (Å²) in [6.07, 6.45) is 2.12. The van der Waals surface area contributed by atoms with Gasteiger partial charge in [0.25, 0.3) is 0 Å². The summed E-state index contributed by atoms with van der Waals surface area (Å²) in [6.45, 7) is 5.94. The molecule has 96 valence electrons. The van der Waals surface area contributed by atoms with E-state index in [9.17, 15) is 4.39 Å². The van der Waals surface area contributed by atoms with Gasteiger partial charge in [0, 0.05) is 19.3 Å². The molecular weight excluding hydrogens is 215 g/mol. The van der Waals surface area contributed by atoms with Crippen LogP contribution >= 0.6 is 0 Å². The first-order valence-electron chi connectivity index (χ1n) is 6.23. The minimum atomic E-state index is -0.196. The average Bonchev–Trinajstić information content (AvgIpc) is 2.37. The summed E-state index contributed by atoms with van der Waals surface area (Å²) in [4.78, 5) is 2.15. The SMILES string of the molecule is CCC(CC)(CN)CN(C)c1ccc(F)cc1. The highest BCUT2D eigenvalue weighted by molar-refractivity contribution is 5.45. The number of hydrogen-bond acceptors (Lipinski definition) is 2. The fourth-order valence-corrected chi connectivity index (χ4v) is 2.12. The Morgan fingerprint density at radius 2 is 1.71 bits per heavy atom. The van der Waals surface area contributed by atoms with Gasteiger partial charge in [0.15, 0.2) is 0 Å². The van der Waals surface area contributed by atoms with E-state index in [1.165, 1.54) is 12.1 Å². The lowest BCUT2D eigenvalue weighted by Gasteiger charge is -2.35. The highest BCUT2D eigenvalue weighted by Gasteiger charge is 2.26. The number of halogens is 1. The lowest BCUT2D eigenvalue weighted by molar-refractivity contribution is 0.281. The molecule has 0 saturated heterocycles. The van der Waals surface area contributed by atoms with Gasteiger partial charge in [0.1, 0.15) is 5.82 Å². The molecule has 17 heavy (non-hydrogen) atoms. The predicted octanol–water partition coefficient (Wildman–Crippen LogP) is 3.03. The van der Waals surface area contributed by atoms with E-state index >= 15 is 0 Å². The molecule has 1 aromatic rings. The molecule has 0 fully saturated rings. The van der Waals surface area contributed by atoms with E-state index in [1.807, 2.05) is 19.2 Å². The van der Waals surface area contributed by atoms with E-state index in [0.717, 1.165) is 25.1 Å². The second-order valence-electron chi connectivity index (χ2n) is 4.74. The number of anilines is 1. The molecule has 0 amide bonds. The van der Waals surface area contributed by atoms with Crippen molar-refractivity contribution in [2.45, 2.75) is 26.7 Å². The topological polar surface area (TPSA) is 29.3 Å². The smallest absolute Gasteiger partial charge is 0.123 e. The Morgan fingerprint density at radius 3 is 2.12 bits per heavy atom. The van der Waals surface area contributed by atoms with Crippen molar-refractivity contribution in [1.82, 2.24) is 0 Å². The van der Waals surface area contributed by atoms with Crippen LogP contribution in [0.1, 0.15) is 26.7 Å². The molecule has 2 nitrogen and oxygen atoms in total. The summed E-state index contributed by atoms with van der Waals surface area (Å²) in [7, 11) is 2.03. The van der Waals surface area contributed by atoms with E-state index in [2.05, 4.69) is 18.7 Å². The van der Waals surface area contributed by atoms with Gasteiger partial charge in [0.05, 0.1) is 0 Å². The maximum atomic E-state index is 12.8. The molecule has 0 spiro atoms. The molecule has 0 aliphatic carbocycles. The Morgan fingerprint density at radius 1 is 1.18 bits per heavy atom. The molecule has 0 unspecified atom stereocenters. The molecule has 0 saturated carbocycles. The van der Waals surface area contributed by atoms with Crippen molar-refractivity contribution in [3.05, 3.63) is 30.1 Å². The summed E-state index contributed by atoms with van der Waals surface area (Å²) >= 11 is 0. The minimum absolute atomic E-state index is 0.156. The van der Waals surface area contributed by atoms with E-state index in [1.54, 1.807) is 0 Å². The Hall–Kier alpha value is -1.09. The Balaban J connectivity index is 2.76. The van der Waals surface area contributed by atoms with Gasteiger partial charge < -0.3 is 10.6 Å². The normalized spacial score (nSPS) is 11.6. The molecule has 0 atom stereocenters. The first-order valence-corrected chi connectivity index (χ1v) is 6.23. The van der Waals surface area contributed by atoms with Gasteiger partial charge in [-0.15, -0.1) is 0 Å². The molecule has 3 heteroatoms. The van der Waals surface area contributed by atoms with Gasteiger partial charge in [-0.05, 0) is 49.1 Å². The molecule has 0 aliphatic heterocycles. The lowest BCUT2D eigenvalue weighted by atomic mass is 9.82. The van der Waals surface area contributed by atoms with Crippen LogP contribution in [0, 0.1) is 11.2 Å². The van der Waals surface area contributed by atoms with Crippen molar-refractivity contribution < 1.29 is 4.39 Å². The summed E-state index contributed by atoms with van der Waals surface area (Å²) in [5.41, 5.74) is 7.08. The molecule has 0 aliphatic rings. The maximum Gasteiger partial charge on any atom is 0.123 e. The van der Waals surface area contributed by atoms with Crippen LogP contribution in [0.4, 0.5) is 10.1 Å². The Bertz CT molecular complexity index is 322. The highest BCUT2D eigenvalue weighted by atomic mass is 19.1. The van der Waals surface area contributed by atoms with Crippen LogP contribution in [0.15, 0.2) is 24.3 Å². The fourth-order valence-electron chi connectivity index (χ4n) is 2.12. The molecule has 1 rings (SSSR count). The van der Waals surface area contributed by atoms with E-state index in [0.29, 0.717) is 6.54 Å². The van der Waals surface area contributed by atoms with E-state index in [4.69, 9.17) is 5.73 Å². The second-order valence-corrected chi connectivity index (χ2v) is 4.74. The molecule has 0 radical (unpaired) electrons. The first-order chi connectivity index (χ1) is 8.06. The van der Waals surface area contributed by atoms with Gasteiger partial charge in [0.2, 0.25) is 0 Å². The maximum absolute atomic E-state index is 12.8. The van der Waals surface area contributed by atoms with Crippen molar-refractivity contribution in [2.24, 2.45) is 11.1 Å². The summed E-state index contributed by atoms with van der Waals surface area (Å²) in [6, 6.07) is 6.60. The van der Waals surface area contributed by atoms with Crippen LogP contribution in [0.25, 0.3) is 0 Å². The molecule has 0 aromatic heterocycles. The van der Waals surface area contributed by atoms with Gasteiger partial charge >= 0.3 is 0 Å². The first kappa shape index (κ1) is 14.0. The standard InChI is InChI=1S/C14H23FN2/c1-4-14(5-2,10-16)11-17(3)13-8-6-12(15)7-9-13/h6-9H,4-5,10-11,16H2,1-3H3. The third kappa shape index (κ3) is 3.43. The molecule has 0 heterocycles. The third-order valence-corrected chi connectivity index (χ3v) is 3.77. The number of benzene rings is 1. The Labute approximate surface area is 104 Å². The third-order valence-electron chi connectivity index (χ3n) is 3.77. The Kier molecular flexibility index (Phi) is 4.94. The monoisotopic (exact) mass is 238 g/mol. The number of nitrogens with zero attached hydrogens (tertiary/aromatic N) is 1. The number of hydrogen-bond donors (Lipinski definition) is 1. The van der Waals surface area contributed by atoms with Crippen LogP contribution in [0.2, 0.25) is 0 Å². The van der Waals surface area contributed by atoms with Crippen molar-refractivity contribution in [2.75, 3.05) is 25.0 Å². The predicted molar refractivity (Wildman–Crippen MR) is 71.7 cm³/mol. The van der Waals surface area contributed by atoms with Crippen LogP contribution in [0.3, 0.4) is 0 Å². The zero-order chi connectivity index (χ0) is 12.9. The molecule has 1 aromatic carbocycles. The second kappa shape index (κ2) is 6.01. The highest BCUT2D eigenvalue weighted by Crippen LogP contribution is 2.27. The zero-order valence-electron chi connectivity index (χ0n) is 11.0. The van der Waals surface area contributed by atoms with Gasteiger partial charge in [-0.3, -0.25) is 0 Å². The summed E-state index contributed by atoms with van der Waals surface area (Å²) in [5, 5.41) is 0. The van der Waals surface area contributed by atoms with Gasteiger partial charge in [-0.25, -0.2) is 4.39 Å². The van der Waals surface area contributed by atoms with Crippen molar-refractivity contribution in [3.8, 4) is 0 Å². The lowest BCUT2D eigenvalue weighted by Crippen LogP contribution is -2.40. The minimum Gasteiger partial charge on any atom is -0.374 e. The summed E-state index contributed by atoms with van der Waals surface area (Å²) in [5.74, 6) is -0.196. The molecule has 0 bridgehead atoms. The van der Waals surface area contributed by atoms with Crippen LogP contribution < -0.4 is 10.6 Å². The largest absolute Gasteiger partial charge is 0.374 e. The van der Waals surface area contributed by atoms with Crippen LogP contribution in [0.5, 0.6) is 0 Å². The van der Waals surface area contributed by atoms with Crippen molar-refractivity contribution in [3.63, 3.8) is 0 Å². The van der Waals surface area contributed by atoms with Crippen molar-refractivity contribution >= 4 is 5.69 Å². The van der Waals surface area contributed by atoms with Crippen LogP contribution in [-0.4, -0.2) is 20.1 Å². The van der Waals surface area contributed by atoms with Gasteiger partial charge in [-0.2, -0.15) is 0 Å². The fraction of sp³-hybridized carbons (Fsp3) is 0.571. The zero-order valence-corrected chi connectivity index (χ0v) is 11.0. The average molecular weight is 238 g/mol. The summed E-state index contributed by atoms with van der Waals surface area (Å²) < 4.78 is 12.8. The van der Waals surface area contributed by atoms with Gasteiger partial charge in [-0.1, -0.05) is 13.8 Å².